The molecule has 0 aliphatic heterocycles. The van der Waals surface area contributed by atoms with Crippen LogP contribution >= 0.6 is 0 Å². The fraction of sp³-hybridized carbons (Fsp3) is 0.222. The van der Waals surface area contributed by atoms with Gasteiger partial charge in [-0.05, 0) is 5.57 Å². The van der Waals surface area contributed by atoms with Crippen molar-refractivity contribution in [3.05, 3.63) is 24.8 Å². The number of ether oxygens (including phenoxy) is 1. The Hall–Kier alpha value is -0.110. The van der Waals surface area contributed by atoms with E-state index in [0.29, 0.717) is 0 Å². The zero-order chi connectivity index (χ0) is 12.4. The maximum Gasteiger partial charge on any atom is 1.00 e. The van der Waals surface area contributed by atoms with Crippen LogP contribution in [0.3, 0.4) is 0 Å². The molecule has 6 nitrogen and oxygen atoms in total. The smallest absolute Gasteiger partial charge is 0.550 e. The molecule has 0 fully saturated rings. The molecule has 0 spiro atoms. The average molecular weight is 260 g/mol. The molecule has 17 heavy (non-hydrogen) atoms. The summed E-state index contributed by atoms with van der Waals surface area (Å²) >= 11 is 0. The van der Waals surface area contributed by atoms with E-state index in [1.54, 1.807) is 0 Å². The fourth-order valence-electron chi connectivity index (χ4n) is 0.330. The van der Waals surface area contributed by atoms with Crippen molar-refractivity contribution in [1.82, 2.24) is 0 Å². The van der Waals surface area contributed by atoms with Crippen LogP contribution in [0.25, 0.3) is 0 Å². The molecule has 0 heterocycles. The van der Waals surface area contributed by atoms with E-state index in [4.69, 9.17) is 0 Å². The summed E-state index contributed by atoms with van der Waals surface area (Å²) in [6, 6.07) is 0. The Morgan fingerprint density at radius 1 is 1.24 bits per heavy atom. The van der Waals surface area contributed by atoms with Crippen LogP contribution < -0.4 is 69.3 Å². The van der Waals surface area contributed by atoms with Crippen LogP contribution in [0.1, 0.15) is 6.42 Å². The molecule has 0 aromatic rings. The molecule has 0 rings (SSSR count). The maximum absolute atomic E-state index is 9.84. The molecule has 0 unspecified atom stereocenters. The largest absolute Gasteiger partial charge is 1.00 e. The molecular formula is C9H10Na2O6. The molecule has 0 aliphatic carbocycles. The first-order valence-corrected chi connectivity index (χ1v) is 3.64. The van der Waals surface area contributed by atoms with E-state index < -0.39 is 29.9 Å². The van der Waals surface area contributed by atoms with Crippen LogP contribution in [0.15, 0.2) is 24.8 Å². The third-order valence-corrected chi connectivity index (χ3v) is 1.01. The van der Waals surface area contributed by atoms with E-state index in [-0.39, 0.29) is 59.1 Å². The van der Waals surface area contributed by atoms with E-state index in [1.807, 2.05) is 0 Å². The average Bonchev–Trinajstić information content (AvgIpc) is 2.16. The van der Waals surface area contributed by atoms with Crippen molar-refractivity contribution in [2.75, 3.05) is 7.11 Å². The Morgan fingerprint density at radius 3 is 1.71 bits per heavy atom. The van der Waals surface area contributed by atoms with E-state index in [2.05, 4.69) is 17.9 Å². The number of methoxy groups -OCH3 is 1. The van der Waals surface area contributed by atoms with Crippen LogP contribution in [-0.4, -0.2) is 25.0 Å². The number of carbonyl (C=O) groups is 3. The molecule has 0 aromatic heterocycles. The third-order valence-electron chi connectivity index (χ3n) is 1.01. The summed E-state index contributed by atoms with van der Waals surface area (Å²) in [5, 5.41) is 19.4. The zero-order valence-electron chi connectivity index (χ0n) is 10.1. The molecular weight excluding hydrogens is 250 g/mol. The quantitative estimate of drug-likeness (QED) is 0.282. The van der Waals surface area contributed by atoms with Gasteiger partial charge in [0.05, 0.1) is 13.1 Å². The Kier molecular flexibility index (Phi) is 24.0. The number of carbonyl (C=O) groups excluding carboxylic acids is 3. The van der Waals surface area contributed by atoms with Gasteiger partial charge in [0, 0.05) is 18.5 Å². The van der Waals surface area contributed by atoms with Crippen molar-refractivity contribution in [3.8, 4) is 0 Å². The number of hydrogen-bond donors (Lipinski definition) is 0. The second kappa shape index (κ2) is 15.9. The number of aliphatic carboxylic acids is 2. The third kappa shape index (κ3) is 21.7. The number of carboxylic acid groups (broad SMARTS) is 2. The molecule has 0 bridgehead atoms. The standard InChI is InChI=1S/C5H6O4.C4H6O2.2Na/c1-3(5(8)9)2-4(6)7;1-3-4(5)6-2;;/h1-2H2,(H,6,7)(H,8,9);3H,1H2,2H3;;/q;;2*+1/p-2. The van der Waals surface area contributed by atoms with Gasteiger partial charge in [0.1, 0.15) is 0 Å². The molecule has 0 saturated heterocycles. The van der Waals surface area contributed by atoms with Gasteiger partial charge in [-0.25, -0.2) is 4.79 Å². The SMILES string of the molecule is C=C(CC(=O)[O-])C(=O)[O-].C=CC(=O)OC.[Na+].[Na+]. The minimum Gasteiger partial charge on any atom is -0.550 e. The summed E-state index contributed by atoms with van der Waals surface area (Å²) in [5.74, 6) is -3.42. The van der Waals surface area contributed by atoms with Gasteiger partial charge in [-0.3, -0.25) is 0 Å². The number of rotatable bonds is 4. The van der Waals surface area contributed by atoms with Crippen LogP contribution in [0.2, 0.25) is 0 Å². The Bertz CT molecular complexity index is 287. The summed E-state index contributed by atoms with van der Waals surface area (Å²) in [7, 11) is 1.31. The van der Waals surface area contributed by atoms with Crippen molar-refractivity contribution in [2.24, 2.45) is 0 Å². The van der Waals surface area contributed by atoms with Gasteiger partial charge in [-0.15, -0.1) is 0 Å². The number of carboxylic acids is 2. The van der Waals surface area contributed by atoms with E-state index in [1.165, 1.54) is 7.11 Å². The van der Waals surface area contributed by atoms with Gasteiger partial charge >= 0.3 is 65.1 Å². The molecule has 0 aromatic carbocycles. The van der Waals surface area contributed by atoms with E-state index >= 15 is 0 Å². The Morgan fingerprint density at radius 2 is 1.65 bits per heavy atom. The van der Waals surface area contributed by atoms with Crippen molar-refractivity contribution in [3.63, 3.8) is 0 Å². The van der Waals surface area contributed by atoms with Crippen molar-refractivity contribution in [1.29, 1.82) is 0 Å². The van der Waals surface area contributed by atoms with Crippen LogP contribution in [0, 0.1) is 0 Å². The van der Waals surface area contributed by atoms with Gasteiger partial charge in [-0.2, -0.15) is 0 Å². The second-order valence-corrected chi connectivity index (χ2v) is 2.17. The maximum atomic E-state index is 9.84. The van der Waals surface area contributed by atoms with E-state index in [9.17, 15) is 24.6 Å². The molecule has 0 amide bonds. The monoisotopic (exact) mass is 260 g/mol. The van der Waals surface area contributed by atoms with E-state index in [0.717, 1.165) is 6.08 Å². The molecule has 0 radical (unpaired) electrons. The second-order valence-electron chi connectivity index (χ2n) is 2.17. The number of esters is 1. The first-order chi connectivity index (χ1) is 6.84. The molecule has 84 valence electrons. The van der Waals surface area contributed by atoms with Gasteiger partial charge < -0.3 is 24.5 Å². The van der Waals surface area contributed by atoms with Crippen molar-refractivity contribution < 1.29 is 88.4 Å². The van der Waals surface area contributed by atoms with Gasteiger partial charge in [0.15, 0.2) is 0 Å². The predicted molar refractivity (Wildman–Crippen MR) is 46.0 cm³/mol. The Labute approximate surface area is 143 Å². The number of hydrogen-bond acceptors (Lipinski definition) is 6. The zero-order valence-corrected chi connectivity index (χ0v) is 14.1. The summed E-state index contributed by atoms with van der Waals surface area (Å²) in [4.78, 5) is 29.2. The topological polar surface area (TPSA) is 107 Å². The van der Waals surface area contributed by atoms with Crippen molar-refractivity contribution in [2.45, 2.75) is 6.42 Å². The van der Waals surface area contributed by atoms with Crippen LogP contribution in [0.5, 0.6) is 0 Å². The minimum absolute atomic E-state index is 0. The normalized spacial score (nSPS) is 6.88. The first kappa shape index (κ1) is 25.7. The molecule has 0 saturated carbocycles. The molecule has 0 aliphatic rings. The van der Waals surface area contributed by atoms with Gasteiger partial charge in [0.25, 0.3) is 0 Å². The summed E-state index contributed by atoms with van der Waals surface area (Å²) in [5.41, 5.74) is -0.477. The van der Waals surface area contributed by atoms with Crippen molar-refractivity contribution >= 4 is 17.9 Å². The molecule has 8 heteroatoms. The first-order valence-electron chi connectivity index (χ1n) is 3.64. The van der Waals surface area contributed by atoms with Crippen LogP contribution in [-0.2, 0) is 19.1 Å². The predicted octanol–water partition coefficient (Wildman–Crippen LogP) is -8.21. The minimum atomic E-state index is -1.56. The fourth-order valence-corrected chi connectivity index (χ4v) is 0.330. The Balaban J connectivity index is -0.0000000945. The van der Waals surface area contributed by atoms with Crippen LogP contribution in [0.4, 0.5) is 0 Å². The molecule has 0 N–H and O–H groups in total. The summed E-state index contributed by atoms with van der Waals surface area (Å²) in [6.45, 7) is 6.07. The summed E-state index contributed by atoms with van der Waals surface area (Å²) < 4.78 is 4.14. The summed E-state index contributed by atoms with van der Waals surface area (Å²) in [6.07, 6.45) is 0.433. The van der Waals surface area contributed by atoms with Gasteiger partial charge in [0.2, 0.25) is 0 Å². The molecule has 0 atom stereocenters. The van der Waals surface area contributed by atoms with Gasteiger partial charge in [-0.1, -0.05) is 13.2 Å².